The summed E-state index contributed by atoms with van der Waals surface area (Å²) in [4.78, 5) is 183. The highest BCUT2D eigenvalue weighted by Gasteiger charge is 2.37. The molecule has 0 aliphatic rings. The molecule has 0 aliphatic heterocycles. The number of aromatic hydroxyl groups is 1. The van der Waals surface area contributed by atoms with Gasteiger partial charge in [0.15, 0.2) is 0 Å². The highest BCUT2D eigenvalue weighted by Crippen LogP contribution is 2.22. The van der Waals surface area contributed by atoms with Gasteiger partial charge in [0.1, 0.15) is 66.2 Å². The monoisotopic (exact) mass is 1390 g/mol. The molecule has 6 rings (SSSR count). The van der Waals surface area contributed by atoms with Gasteiger partial charge < -0.3 is 95.2 Å². The molecule has 2 aromatic heterocycles. The number of carbonyl (C=O) groups excluding carboxylic acids is 12. The number of aromatic amines is 2. The summed E-state index contributed by atoms with van der Waals surface area (Å²) in [5, 5.41) is 59.3. The van der Waals surface area contributed by atoms with Gasteiger partial charge in [0.2, 0.25) is 70.9 Å². The molecule has 4 aromatic carbocycles. The Kier molecular flexibility index (Phi) is 28.5. The van der Waals surface area contributed by atoms with Crippen molar-refractivity contribution < 1.29 is 77.6 Å². The van der Waals surface area contributed by atoms with E-state index in [0.717, 1.165) is 0 Å². The number of thiol groups is 2. The number of aliphatic hydroxyl groups excluding tert-OH is 1. The third-order valence-electron chi connectivity index (χ3n) is 15.4. The number of phenols is 1. The van der Waals surface area contributed by atoms with Crippen molar-refractivity contribution in [2.75, 3.05) is 18.1 Å². The zero-order valence-corrected chi connectivity index (χ0v) is 55.5. The number of benzene rings is 4. The van der Waals surface area contributed by atoms with Gasteiger partial charge in [-0.25, -0.2) is 0 Å². The van der Waals surface area contributed by atoms with Crippen LogP contribution in [0.25, 0.3) is 21.8 Å². The van der Waals surface area contributed by atoms with E-state index in [1.807, 2.05) is 0 Å². The third kappa shape index (κ3) is 22.6. The van der Waals surface area contributed by atoms with Crippen molar-refractivity contribution >= 4 is 124 Å². The van der Waals surface area contributed by atoms with Crippen LogP contribution in [-0.2, 0) is 88.0 Å². The van der Waals surface area contributed by atoms with Gasteiger partial charge in [0.05, 0.1) is 25.1 Å². The van der Waals surface area contributed by atoms with Crippen LogP contribution < -0.4 is 70.0 Å². The van der Waals surface area contributed by atoms with Crippen LogP contribution in [0.15, 0.2) is 116 Å². The zero-order valence-electron chi connectivity index (χ0n) is 53.8. The Balaban J connectivity index is 1.21. The minimum absolute atomic E-state index is 0.0832. The summed E-state index contributed by atoms with van der Waals surface area (Å²) >= 11 is 8.61. The van der Waals surface area contributed by atoms with Crippen LogP contribution in [0.5, 0.6) is 5.75 Å². The number of aromatic nitrogens is 2. The number of H-pyrrole nitrogens is 2. The molecule has 0 fully saturated rings. The molecule has 0 saturated carbocycles. The zero-order chi connectivity index (χ0) is 71.9. The third-order valence-corrected chi connectivity index (χ3v) is 16.2. The summed E-state index contributed by atoms with van der Waals surface area (Å²) < 4.78 is 0. The number of nitrogens with one attached hydrogen (secondary N) is 13. The van der Waals surface area contributed by atoms with Crippen molar-refractivity contribution in [2.24, 2.45) is 11.5 Å². The van der Waals surface area contributed by atoms with E-state index in [0.29, 0.717) is 44.1 Å². The summed E-state index contributed by atoms with van der Waals surface area (Å²) in [6.45, 7) is 4.53. The second-order valence-electron chi connectivity index (χ2n) is 23.2. The predicted octanol–water partition coefficient (Wildman–Crippen LogP) is -2.82. The molecular formula is C65H81N15O16S2. The van der Waals surface area contributed by atoms with E-state index in [9.17, 15) is 77.6 Å². The molecule has 0 unspecified atom stereocenters. The predicted molar refractivity (Wildman–Crippen MR) is 364 cm³/mol. The van der Waals surface area contributed by atoms with E-state index in [1.54, 1.807) is 91.3 Å². The van der Waals surface area contributed by atoms with Crippen LogP contribution in [0, 0.1) is 0 Å². The summed E-state index contributed by atoms with van der Waals surface area (Å²) in [7, 11) is 0. The van der Waals surface area contributed by atoms with Gasteiger partial charge in [-0.05, 0) is 74.2 Å². The van der Waals surface area contributed by atoms with E-state index in [4.69, 9.17) is 11.5 Å². The molecule has 12 atom stereocenters. The Bertz CT molecular complexity index is 3850. The van der Waals surface area contributed by atoms with E-state index >= 15 is 0 Å². The second kappa shape index (κ2) is 36.6. The standard InChI is InChI=1S/C65H81N15O16S2/c1-32(66)55(86)71-33(2)56(87)74-49(26-53(84)85)62(93)76-48(25-39-28-69-44-17-11-9-15-42(39)44)60(91)78-50(30-97)63(94)72-34(3)57(88)73-46(23-37-18-20-40(82)21-19-37)59(90)75-47(24-38-27-68-43-16-10-8-14-41(38)43)61(92)79-51(31-98)64(95)80-54(35(4)81)65(96)77-45(58(89)70-29-52(67)83)22-36-12-6-5-7-13-36/h5-21,27-28,32-35,45-51,54,68-69,81-82,97-98H,22-26,29-31,66H2,1-4H3,(H2,67,83)(H,70,89)(H,71,86)(H,72,94)(H,73,88)(H,74,87)(H,75,90)(H,76,93)(H,77,96)(H,78,91)(H,79,92)(H,80,95)(H,84,85)/t32-,33-,34-,35+,45-,46-,47-,48-,49-,50-,51-,54-/m0/s1. The Morgan fingerprint density at radius 1 is 0.439 bits per heavy atom. The van der Waals surface area contributed by atoms with E-state index in [-0.39, 0.29) is 31.4 Å². The molecule has 524 valence electrons. The Morgan fingerprint density at radius 2 is 0.816 bits per heavy atom. The SMILES string of the molecule is C[C@H](N)C(=O)N[C@@H](C)C(=O)N[C@@H](CC(=O)O)C(=O)N[C@@H](Cc1c[nH]c2ccccc12)C(=O)N[C@@H](CS)C(=O)N[C@@H](C)C(=O)N[C@@H](Cc1ccc(O)cc1)C(=O)N[C@@H](Cc1c[nH]c2ccccc12)C(=O)N[C@@H](CS)C(=O)N[C@H](C(=O)N[C@@H](Cc1ccccc1)C(=O)NCC(N)=O)[C@@H](C)O. The fourth-order valence-electron chi connectivity index (χ4n) is 10.1. The molecule has 12 amide bonds. The number of rotatable bonds is 36. The minimum atomic E-state index is -1.80. The Labute approximate surface area is 572 Å². The van der Waals surface area contributed by atoms with Gasteiger partial charge in [0.25, 0.3) is 0 Å². The summed E-state index contributed by atoms with van der Waals surface area (Å²) in [5.74, 6) is -13.9. The number of fused-ring (bicyclic) bond motifs is 2. The molecule has 0 bridgehead atoms. The minimum Gasteiger partial charge on any atom is -0.508 e. The maximum Gasteiger partial charge on any atom is 0.305 e. The molecule has 0 saturated heterocycles. The van der Waals surface area contributed by atoms with Crippen LogP contribution in [0.2, 0.25) is 0 Å². The first kappa shape index (κ1) is 76.5. The smallest absolute Gasteiger partial charge is 0.305 e. The van der Waals surface area contributed by atoms with Crippen molar-refractivity contribution in [3.05, 3.63) is 138 Å². The molecule has 98 heavy (non-hydrogen) atoms. The number of aliphatic carboxylic acids is 1. The van der Waals surface area contributed by atoms with E-state index < -0.39 is 174 Å². The molecule has 2 heterocycles. The largest absolute Gasteiger partial charge is 0.508 e. The Morgan fingerprint density at radius 3 is 1.28 bits per heavy atom. The van der Waals surface area contributed by atoms with Crippen LogP contribution in [0.1, 0.15) is 56.4 Å². The first-order valence-electron chi connectivity index (χ1n) is 30.9. The summed E-state index contributed by atoms with van der Waals surface area (Å²) in [5.41, 5.74) is 14.2. The first-order valence-corrected chi connectivity index (χ1v) is 32.2. The molecule has 0 aliphatic carbocycles. The van der Waals surface area contributed by atoms with Gasteiger partial charge >= 0.3 is 5.97 Å². The summed E-state index contributed by atoms with van der Waals surface area (Å²) in [6.07, 6.45) is -0.270. The average Bonchev–Trinajstić information content (AvgIpc) is 1.63. The maximum atomic E-state index is 14.8. The van der Waals surface area contributed by atoms with Crippen molar-refractivity contribution in [1.29, 1.82) is 0 Å². The fraction of sp³-hybridized carbons (Fsp3) is 0.369. The van der Waals surface area contributed by atoms with Crippen LogP contribution in [-0.4, -0.2) is 193 Å². The Hall–Kier alpha value is -10.5. The first-order chi connectivity index (χ1) is 46.5. The number of amides is 12. The number of hydrogen-bond donors (Lipinski definition) is 20. The number of carboxylic acid groups (broad SMARTS) is 1. The lowest BCUT2D eigenvalue weighted by Gasteiger charge is -2.28. The number of aliphatic hydroxyl groups is 1. The normalized spacial score (nSPS) is 14.8. The highest BCUT2D eigenvalue weighted by molar-refractivity contribution is 7.80. The number of carboxylic acids is 1. The number of nitrogens with two attached hydrogens (primary N) is 2. The molecule has 20 N–H and O–H groups in total. The van der Waals surface area contributed by atoms with E-state index in [1.165, 1.54) is 52.0 Å². The molecule has 33 heteroatoms. The van der Waals surface area contributed by atoms with Crippen molar-refractivity contribution in [1.82, 2.24) is 68.5 Å². The molecule has 0 spiro atoms. The van der Waals surface area contributed by atoms with Crippen LogP contribution >= 0.6 is 25.3 Å². The average molecular weight is 1390 g/mol. The topological polar surface area (TPSA) is 499 Å². The number of hydrogen-bond acceptors (Lipinski definition) is 18. The quantitative estimate of drug-likeness (QED) is 0.0176. The highest BCUT2D eigenvalue weighted by atomic mass is 32.1. The number of carbonyl (C=O) groups is 13. The van der Waals surface area contributed by atoms with Gasteiger partial charge in [-0.1, -0.05) is 78.9 Å². The second-order valence-corrected chi connectivity index (χ2v) is 24.0. The fourth-order valence-corrected chi connectivity index (χ4v) is 10.6. The van der Waals surface area contributed by atoms with Crippen LogP contribution in [0.3, 0.4) is 0 Å². The molecule has 0 radical (unpaired) electrons. The van der Waals surface area contributed by atoms with Crippen molar-refractivity contribution in [3.8, 4) is 5.75 Å². The molecule has 6 aromatic rings. The number of primary amides is 1. The van der Waals surface area contributed by atoms with Gasteiger partial charge in [-0.2, -0.15) is 25.3 Å². The van der Waals surface area contributed by atoms with Gasteiger partial charge in [-0.15, -0.1) is 0 Å². The number of phenolic OH excluding ortho intramolecular Hbond substituents is 1. The van der Waals surface area contributed by atoms with Gasteiger partial charge in [-0.3, -0.25) is 62.3 Å². The lowest BCUT2D eigenvalue weighted by molar-refractivity contribution is -0.141. The van der Waals surface area contributed by atoms with Crippen LogP contribution in [0.4, 0.5) is 0 Å². The molecule has 31 nitrogen and oxygen atoms in total. The maximum absolute atomic E-state index is 14.8. The number of para-hydroxylation sites is 2. The lowest BCUT2D eigenvalue weighted by Crippen LogP contribution is -2.62. The summed E-state index contributed by atoms with van der Waals surface area (Å²) in [6, 6.07) is 11.6. The molecular weight excluding hydrogens is 1310 g/mol. The van der Waals surface area contributed by atoms with E-state index in [2.05, 4.69) is 93.7 Å². The van der Waals surface area contributed by atoms with Crippen molar-refractivity contribution in [3.63, 3.8) is 0 Å². The van der Waals surface area contributed by atoms with Gasteiger partial charge in [0, 0.05) is 71.4 Å². The lowest BCUT2D eigenvalue weighted by atomic mass is 10.0. The van der Waals surface area contributed by atoms with Crippen molar-refractivity contribution in [2.45, 2.75) is 132 Å².